The Morgan fingerprint density at radius 1 is 0.941 bits per heavy atom. The van der Waals surface area contributed by atoms with Crippen molar-refractivity contribution in [3.8, 4) is 34.4 Å². The number of methoxy groups -OCH3 is 4. The number of H-pyrrole nitrogens is 1. The molecule has 0 bridgehead atoms. The van der Waals surface area contributed by atoms with Crippen LogP contribution in [0.25, 0.3) is 11.4 Å². The van der Waals surface area contributed by atoms with Gasteiger partial charge in [-0.1, -0.05) is 0 Å². The quantitative estimate of drug-likeness (QED) is 0.364. The second kappa shape index (κ2) is 10.9. The molecule has 3 aromatic rings. The van der Waals surface area contributed by atoms with E-state index in [1.54, 1.807) is 25.3 Å². The maximum atomic E-state index is 12.5. The van der Waals surface area contributed by atoms with Gasteiger partial charge in [0.05, 0.1) is 38.9 Å². The highest BCUT2D eigenvalue weighted by Crippen LogP contribution is 2.31. The number of aromatic nitrogens is 3. The van der Waals surface area contributed by atoms with Crippen LogP contribution >= 0.6 is 0 Å². The molecule has 12 nitrogen and oxygen atoms in total. The van der Waals surface area contributed by atoms with Gasteiger partial charge in [-0.05, 0) is 24.3 Å². The van der Waals surface area contributed by atoms with E-state index in [1.165, 1.54) is 39.5 Å². The van der Waals surface area contributed by atoms with Crippen molar-refractivity contribution < 1.29 is 32.2 Å². The van der Waals surface area contributed by atoms with Crippen molar-refractivity contribution in [2.75, 3.05) is 40.3 Å². The molecule has 0 unspecified atom stereocenters. The van der Waals surface area contributed by atoms with Crippen LogP contribution in [0.3, 0.4) is 0 Å². The molecule has 13 heteroatoms. The molecule has 0 saturated heterocycles. The first-order valence-corrected chi connectivity index (χ1v) is 11.5. The summed E-state index contributed by atoms with van der Waals surface area (Å²) in [7, 11) is 2.06. The largest absolute Gasteiger partial charge is 0.497 e. The molecule has 3 N–H and O–H groups in total. The second-order valence-corrected chi connectivity index (χ2v) is 8.55. The van der Waals surface area contributed by atoms with E-state index in [9.17, 15) is 13.2 Å². The Morgan fingerprint density at radius 2 is 1.68 bits per heavy atom. The number of carbonyl (C=O) groups excluding carboxylic acids is 1. The van der Waals surface area contributed by atoms with Gasteiger partial charge in [0.1, 0.15) is 11.5 Å². The molecule has 34 heavy (non-hydrogen) atoms. The molecule has 2 aromatic carbocycles. The minimum absolute atomic E-state index is 0.0161. The molecule has 0 spiro atoms. The van der Waals surface area contributed by atoms with Gasteiger partial charge < -0.3 is 18.9 Å². The number of sulfonamides is 1. The maximum Gasteiger partial charge on any atom is 0.249 e. The lowest BCUT2D eigenvalue weighted by atomic mass is 10.2. The fourth-order valence-electron chi connectivity index (χ4n) is 2.99. The van der Waals surface area contributed by atoms with E-state index in [2.05, 4.69) is 25.2 Å². The first-order chi connectivity index (χ1) is 16.3. The van der Waals surface area contributed by atoms with Gasteiger partial charge in [-0.25, -0.2) is 13.1 Å². The van der Waals surface area contributed by atoms with E-state index in [-0.39, 0.29) is 29.6 Å². The summed E-state index contributed by atoms with van der Waals surface area (Å²) >= 11 is 0. The first-order valence-electron chi connectivity index (χ1n) is 9.97. The number of rotatable bonds is 11. The van der Waals surface area contributed by atoms with Crippen molar-refractivity contribution in [1.82, 2.24) is 19.9 Å². The number of carbonyl (C=O) groups is 1. The molecule has 0 fully saturated rings. The third-order valence-electron chi connectivity index (χ3n) is 4.71. The van der Waals surface area contributed by atoms with Crippen LogP contribution < -0.4 is 29.0 Å². The Bertz CT molecular complexity index is 1260. The molecule has 0 aliphatic carbocycles. The number of nitrogens with zero attached hydrogens (tertiary/aromatic N) is 2. The van der Waals surface area contributed by atoms with Gasteiger partial charge in [-0.2, -0.15) is 4.98 Å². The van der Waals surface area contributed by atoms with Crippen molar-refractivity contribution in [1.29, 1.82) is 0 Å². The smallest absolute Gasteiger partial charge is 0.249 e. The van der Waals surface area contributed by atoms with Crippen LogP contribution in [0.2, 0.25) is 0 Å². The minimum Gasteiger partial charge on any atom is -0.497 e. The van der Waals surface area contributed by atoms with Gasteiger partial charge >= 0.3 is 0 Å². The second-order valence-electron chi connectivity index (χ2n) is 6.79. The SMILES string of the molecule is COc1ccc(-c2nc(NC(=O)CCNS(=O)(=O)c3ccc(OC)c(OC)c3)n[nH]2)c(OC)c1. The molecular formula is C21H25N5O7S. The Labute approximate surface area is 196 Å². The van der Waals surface area contributed by atoms with Crippen molar-refractivity contribution in [3.63, 3.8) is 0 Å². The molecular weight excluding hydrogens is 466 g/mol. The number of hydrogen-bond acceptors (Lipinski definition) is 9. The Hall–Kier alpha value is -3.84. The predicted molar refractivity (Wildman–Crippen MR) is 123 cm³/mol. The van der Waals surface area contributed by atoms with Crippen LogP contribution in [-0.2, 0) is 14.8 Å². The molecule has 1 amide bonds. The van der Waals surface area contributed by atoms with Crippen molar-refractivity contribution >= 4 is 21.9 Å². The zero-order chi connectivity index (χ0) is 24.7. The molecule has 0 saturated carbocycles. The topological polar surface area (TPSA) is 154 Å². The monoisotopic (exact) mass is 491 g/mol. The van der Waals surface area contributed by atoms with Crippen molar-refractivity contribution in [2.24, 2.45) is 0 Å². The summed E-state index contributed by atoms with van der Waals surface area (Å²) in [5.74, 6) is 1.75. The van der Waals surface area contributed by atoms with Crippen molar-refractivity contribution in [2.45, 2.75) is 11.3 Å². The van der Waals surface area contributed by atoms with Crippen LogP contribution in [0.4, 0.5) is 5.95 Å². The lowest BCUT2D eigenvalue weighted by Gasteiger charge is -2.11. The molecule has 1 aromatic heterocycles. The molecule has 182 valence electrons. The van der Waals surface area contributed by atoms with E-state index < -0.39 is 15.9 Å². The maximum absolute atomic E-state index is 12.5. The summed E-state index contributed by atoms with van der Waals surface area (Å²) in [5, 5.41) is 9.22. The van der Waals surface area contributed by atoms with Gasteiger partial charge in [-0.3, -0.25) is 15.2 Å². The number of anilines is 1. The number of ether oxygens (including phenoxy) is 4. The van der Waals surface area contributed by atoms with Gasteiger partial charge in [0.25, 0.3) is 0 Å². The number of nitrogens with one attached hydrogen (secondary N) is 3. The number of hydrogen-bond donors (Lipinski definition) is 3. The van der Waals surface area contributed by atoms with E-state index >= 15 is 0 Å². The Kier molecular flexibility index (Phi) is 7.91. The Balaban J connectivity index is 1.59. The summed E-state index contributed by atoms with van der Waals surface area (Å²) in [6.45, 7) is -0.133. The number of benzene rings is 2. The summed E-state index contributed by atoms with van der Waals surface area (Å²) in [4.78, 5) is 16.5. The lowest BCUT2D eigenvalue weighted by Crippen LogP contribution is -2.28. The molecule has 0 radical (unpaired) electrons. The van der Waals surface area contributed by atoms with Gasteiger partial charge in [0.2, 0.25) is 21.9 Å². The van der Waals surface area contributed by atoms with Crippen LogP contribution in [-0.4, -0.2) is 64.5 Å². The summed E-state index contributed by atoms with van der Waals surface area (Å²) in [6.07, 6.45) is -0.137. The molecule has 0 aliphatic heterocycles. The summed E-state index contributed by atoms with van der Waals surface area (Å²) in [5.41, 5.74) is 0.624. The van der Waals surface area contributed by atoms with Gasteiger partial charge in [-0.15, -0.1) is 5.10 Å². The number of amides is 1. The summed E-state index contributed by atoms with van der Waals surface area (Å²) < 4.78 is 48.2. The van der Waals surface area contributed by atoms with Crippen LogP contribution in [0.5, 0.6) is 23.0 Å². The zero-order valence-electron chi connectivity index (χ0n) is 19.0. The van der Waals surface area contributed by atoms with Crippen molar-refractivity contribution in [3.05, 3.63) is 36.4 Å². The molecule has 3 rings (SSSR count). The normalized spacial score (nSPS) is 11.1. The van der Waals surface area contributed by atoms with Crippen LogP contribution in [0.15, 0.2) is 41.3 Å². The standard InChI is InChI=1S/C21H25N5O7S/c1-30-13-5-7-15(17(11-13)32-3)20-24-21(26-25-20)23-19(27)9-10-22-34(28,29)14-6-8-16(31-2)18(12-14)33-4/h5-8,11-12,22H,9-10H2,1-4H3,(H2,23,24,25,26,27). The number of aromatic amines is 1. The fourth-order valence-corrected chi connectivity index (χ4v) is 4.03. The predicted octanol–water partition coefficient (Wildman–Crippen LogP) is 1.81. The average molecular weight is 492 g/mol. The molecule has 0 atom stereocenters. The highest BCUT2D eigenvalue weighted by molar-refractivity contribution is 7.89. The van der Waals surface area contributed by atoms with E-state index in [4.69, 9.17) is 18.9 Å². The highest BCUT2D eigenvalue weighted by Gasteiger charge is 2.18. The third-order valence-corrected chi connectivity index (χ3v) is 6.17. The van der Waals surface area contributed by atoms with Crippen LogP contribution in [0.1, 0.15) is 6.42 Å². The third kappa shape index (κ3) is 5.74. The fraction of sp³-hybridized carbons (Fsp3) is 0.286. The molecule has 1 heterocycles. The molecule has 0 aliphatic rings. The van der Waals surface area contributed by atoms with E-state index in [0.717, 1.165) is 0 Å². The average Bonchev–Trinajstić information content (AvgIpc) is 3.30. The zero-order valence-corrected chi connectivity index (χ0v) is 19.9. The van der Waals surface area contributed by atoms with E-state index in [1.807, 2.05) is 0 Å². The summed E-state index contributed by atoms with van der Waals surface area (Å²) in [6, 6.07) is 9.38. The highest BCUT2D eigenvalue weighted by atomic mass is 32.2. The lowest BCUT2D eigenvalue weighted by molar-refractivity contribution is -0.116. The van der Waals surface area contributed by atoms with Gasteiger partial charge in [0, 0.05) is 25.1 Å². The first kappa shape index (κ1) is 24.8. The van der Waals surface area contributed by atoms with Crippen LogP contribution in [0, 0.1) is 0 Å². The van der Waals surface area contributed by atoms with Gasteiger partial charge in [0.15, 0.2) is 17.3 Å². The Morgan fingerprint density at radius 3 is 2.35 bits per heavy atom. The van der Waals surface area contributed by atoms with E-state index in [0.29, 0.717) is 28.6 Å². The minimum atomic E-state index is -3.86.